The van der Waals surface area contributed by atoms with Gasteiger partial charge in [-0.15, -0.1) is 6.58 Å². The first-order valence-corrected chi connectivity index (χ1v) is 3.75. The van der Waals surface area contributed by atoms with Crippen molar-refractivity contribution >= 4 is 10.2 Å². The highest BCUT2D eigenvalue weighted by atomic mass is 28.1. The van der Waals surface area contributed by atoms with E-state index in [1.807, 2.05) is 0 Å². The van der Waals surface area contributed by atoms with Gasteiger partial charge in [0.15, 0.2) is 0 Å². The molecule has 0 aromatic rings. The second-order valence-electron chi connectivity index (χ2n) is 2.25. The first-order valence-electron chi connectivity index (χ1n) is 2.75. The molecule has 0 aromatic heterocycles. The van der Waals surface area contributed by atoms with Gasteiger partial charge in [0.25, 0.3) is 0 Å². The van der Waals surface area contributed by atoms with Crippen LogP contribution in [-0.4, -0.2) is 21.9 Å². The molecule has 0 saturated heterocycles. The highest BCUT2D eigenvalue weighted by Gasteiger charge is 2.09. The van der Waals surface area contributed by atoms with E-state index in [0.717, 1.165) is 16.7 Å². The molecule has 0 aliphatic carbocycles. The van der Waals surface area contributed by atoms with Crippen LogP contribution < -0.4 is 11.5 Å². The second kappa shape index (κ2) is 3.01. The van der Waals surface area contributed by atoms with Crippen molar-refractivity contribution in [3.63, 3.8) is 0 Å². The highest BCUT2D eigenvalue weighted by Crippen LogP contribution is 1.98. The maximum Gasteiger partial charge on any atom is 0.0327 e. The molecule has 48 valence electrons. The fourth-order valence-corrected chi connectivity index (χ4v) is 0.702. The molecule has 0 heterocycles. The lowest BCUT2D eigenvalue weighted by molar-refractivity contribution is 0.667. The fraction of sp³-hybridized carbons (Fsp3) is 0.600. The first-order chi connectivity index (χ1) is 3.62. The molecule has 0 amide bonds. The lowest BCUT2D eigenvalue weighted by atomic mass is 10.2. The molecule has 0 aliphatic heterocycles. The summed E-state index contributed by atoms with van der Waals surface area (Å²) >= 11 is 0. The van der Waals surface area contributed by atoms with Gasteiger partial charge in [0.1, 0.15) is 0 Å². The van der Waals surface area contributed by atoms with Gasteiger partial charge in [-0.05, 0) is 13.0 Å². The molecule has 0 rings (SSSR count). The number of rotatable bonds is 3. The van der Waals surface area contributed by atoms with Gasteiger partial charge in [0.05, 0.1) is 0 Å². The van der Waals surface area contributed by atoms with E-state index >= 15 is 0 Å². The van der Waals surface area contributed by atoms with Crippen LogP contribution in [0.3, 0.4) is 0 Å². The van der Waals surface area contributed by atoms with E-state index in [0.29, 0.717) is 6.54 Å². The van der Waals surface area contributed by atoms with Gasteiger partial charge < -0.3 is 11.5 Å². The number of hydrogen-bond donors (Lipinski definition) is 2. The van der Waals surface area contributed by atoms with Crippen molar-refractivity contribution < 1.29 is 0 Å². The molecule has 0 saturated carbocycles. The molecule has 1 atom stereocenters. The Morgan fingerprint density at radius 3 is 2.38 bits per heavy atom. The summed E-state index contributed by atoms with van der Waals surface area (Å²) in [5.74, 6) is 0. The molecule has 0 fully saturated rings. The van der Waals surface area contributed by atoms with Crippen molar-refractivity contribution in [3.8, 4) is 0 Å². The monoisotopic (exact) mass is 130 g/mol. The molecular formula is C5H14N2Si. The minimum atomic E-state index is -0.130. The van der Waals surface area contributed by atoms with E-state index in [9.17, 15) is 0 Å². The van der Waals surface area contributed by atoms with Crippen molar-refractivity contribution in [2.75, 3.05) is 6.54 Å². The predicted octanol–water partition coefficient (Wildman–Crippen LogP) is -1.46. The summed E-state index contributed by atoms with van der Waals surface area (Å²) in [6.07, 6.45) is 2.65. The molecule has 3 heteroatoms. The SMILES string of the molecule is C=CC(N)([SiH3])CCN. The Kier molecular flexibility index (Phi) is 2.97. The summed E-state index contributed by atoms with van der Waals surface area (Å²) in [5, 5.41) is -0.130. The Hall–Kier alpha value is -0.123. The van der Waals surface area contributed by atoms with E-state index in [1.54, 1.807) is 6.08 Å². The molecule has 0 aromatic carbocycles. The molecule has 8 heavy (non-hydrogen) atoms. The van der Waals surface area contributed by atoms with Crippen LogP contribution in [0.4, 0.5) is 0 Å². The van der Waals surface area contributed by atoms with Crippen LogP contribution in [0.2, 0.25) is 0 Å². The largest absolute Gasteiger partial charge is 0.330 e. The summed E-state index contributed by atoms with van der Waals surface area (Å²) < 4.78 is 0. The molecule has 0 radical (unpaired) electrons. The maximum atomic E-state index is 5.69. The normalized spacial score (nSPS) is 17.8. The lowest BCUT2D eigenvalue weighted by Crippen LogP contribution is -2.39. The van der Waals surface area contributed by atoms with Gasteiger partial charge in [-0.25, -0.2) is 0 Å². The highest BCUT2D eigenvalue weighted by molar-refractivity contribution is 6.16. The van der Waals surface area contributed by atoms with E-state index in [-0.39, 0.29) is 5.16 Å². The Balaban J connectivity index is 3.53. The van der Waals surface area contributed by atoms with Crippen LogP contribution in [0, 0.1) is 0 Å². The van der Waals surface area contributed by atoms with Crippen molar-refractivity contribution in [2.45, 2.75) is 11.6 Å². The standard InChI is InChI=1S/C5H14N2Si/c1-2-5(7,8)3-4-6/h2H,1,3-4,6-7H2,8H3. The van der Waals surface area contributed by atoms with Gasteiger partial charge in [-0.3, -0.25) is 0 Å². The second-order valence-corrected chi connectivity index (χ2v) is 4.11. The van der Waals surface area contributed by atoms with Crippen LogP contribution in [0.1, 0.15) is 6.42 Å². The Labute approximate surface area is 53.4 Å². The molecule has 1 unspecified atom stereocenters. The minimum Gasteiger partial charge on any atom is -0.330 e. The van der Waals surface area contributed by atoms with Crippen LogP contribution in [0.15, 0.2) is 12.7 Å². The first kappa shape index (κ1) is 7.88. The molecule has 2 nitrogen and oxygen atoms in total. The zero-order chi connectivity index (χ0) is 6.62. The van der Waals surface area contributed by atoms with Crippen molar-refractivity contribution in [1.29, 1.82) is 0 Å². The summed E-state index contributed by atoms with van der Waals surface area (Å²) in [7, 11) is 0.938. The molecular weight excluding hydrogens is 116 g/mol. The van der Waals surface area contributed by atoms with Crippen LogP contribution in [-0.2, 0) is 0 Å². The van der Waals surface area contributed by atoms with Crippen molar-refractivity contribution in [3.05, 3.63) is 12.7 Å². The summed E-state index contributed by atoms with van der Waals surface area (Å²) in [5.41, 5.74) is 11.0. The Bertz CT molecular complexity index is 80.5. The molecule has 4 N–H and O–H groups in total. The average Bonchev–Trinajstić information content (AvgIpc) is 1.67. The lowest BCUT2D eigenvalue weighted by Gasteiger charge is -2.17. The van der Waals surface area contributed by atoms with Gasteiger partial charge in [0.2, 0.25) is 0 Å². The van der Waals surface area contributed by atoms with Gasteiger partial charge in [-0.1, -0.05) is 6.08 Å². The third-order valence-corrected chi connectivity index (χ3v) is 2.06. The quantitative estimate of drug-likeness (QED) is 0.362. The third-order valence-electron chi connectivity index (χ3n) is 1.15. The summed E-state index contributed by atoms with van der Waals surface area (Å²) in [6, 6.07) is 0. The van der Waals surface area contributed by atoms with E-state index in [1.165, 1.54) is 0 Å². The van der Waals surface area contributed by atoms with Gasteiger partial charge in [-0.2, -0.15) is 0 Å². The number of nitrogens with two attached hydrogens (primary N) is 2. The average molecular weight is 130 g/mol. The third kappa shape index (κ3) is 2.96. The molecule has 0 spiro atoms. The minimum absolute atomic E-state index is 0.130. The Morgan fingerprint density at radius 2 is 2.25 bits per heavy atom. The molecule has 0 bridgehead atoms. The van der Waals surface area contributed by atoms with Gasteiger partial charge >= 0.3 is 0 Å². The Morgan fingerprint density at radius 1 is 1.75 bits per heavy atom. The van der Waals surface area contributed by atoms with Crippen LogP contribution in [0.5, 0.6) is 0 Å². The van der Waals surface area contributed by atoms with E-state index in [2.05, 4.69) is 6.58 Å². The topological polar surface area (TPSA) is 52.0 Å². The predicted molar refractivity (Wildman–Crippen MR) is 40.7 cm³/mol. The van der Waals surface area contributed by atoms with Crippen LogP contribution >= 0.6 is 0 Å². The zero-order valence-electron chi connectivity index (χ0n) is 5.35. The fourth-order valence-electron chi connectivity index (χ4n) is 0.413. The smallest absolute Gasteiger partial charge is 0.0327 e. The zero-order valence-corrected chi connectivity index (χ0v) is 7.35. The molecule has 0 aliphatic rings. The van der Waals surface area contributed by atoms with Crippen LogP contribution in [0.25, 0.3) is 0 Å². The van der Waals surface area contributed by atoms with Crippen molar-refractivity contribution in [1.82, 2.24) is 0 Å². The maximum absolute atomic E-state index is 5.69. The van der Waals surface area contributed by atoms with E-state index in [4.69, 9.17) is 11.5 Å². The summed E-state index contributed by atoms with van der Waals surface area (Å²) in [6.45, 7) is 4.26. The van der Waals surface area contributed by atoms with Crippen molar-refractivity contribution in [2.24, 2.45) is 11.5 Å². The van der Waals surface area contributed by atoms with Gasteiger partial charge in [0, 0.05) is 15.4 Å². The van der Waals surface area contributed by atoms with E-state index < -0.39 is 0 Å². The number of hydrogen-bond acceptors (Lipinski definition) is 2. The summed E-state index contributed by atoms with van der Waals surface area (Å²) in [4.78, 5) is 0.